The van der Waals surface area contributed by atoms with Crippen molar-refractivity contribution in [2.24, 2.45) is 0 Å². The van der Waals surface area contributed by atoms with Crippen molar-refractivity contribution < 1.29 is 28.0 Å². The van der Waals surface area contributed by atoms with Crippen LogP contribution in [0.5, 0.6) is 5.75 Å². The third-order valence-corrected chi connectivity index (χ3v) is 5.22. The van der Waals surface area contributed by atoms with E-state index in [0.717, 1.165) is 18.2 Å². The van der Waals surface area contributed by atoms with Crippen LogP contribution < -0.4 is 4.72 Å². The summed E-state index contributed by atoms with van der Waals surface area (Å²) in [6.45, 7) is 0. The number of hydrogen-bond acceptors (Lipinski definition) is 3. The first kappa shape index (κ1) is 19.8. The summed E-state index contributed by atoms with van der Waals surface area (Å²) >= 11 is 5.77. The quantitative estimate of drug-likeness (QED) is 0.549. The third-order valence-electron chi connectivity index (χ3n) is 3.82. The van der Waals surface area contributed by atoms with Crippen LogP contribution in [0.4, 0.5) is 14.5 Å². The van der Waals surface area contributed by atoms with Gasteiger partial charge in [-0.3, -0.25) is 4.72 Å². The maximum atomic E-state index is 14.2. The lowest BCUT2D eigenvalue weighted by atomic mass is 10.0. The summed E-state index contributed by atoms with van der Waals surface area (Å²) in [6.07, 6.45) is 0. The molecule has 28 heavy (non-hydrogen) atoms. The first-order chi connectivity index (χ1) is 13.3. The molecule has 1 unspecified atom stereocenters. The monoisotopic (exact) mass is 423 g/mol. The number of benzene rings is 3. The summed E-state index contributed by atoms with van der Waals surface area (Å²) in [5.41, 5.74) is -0.0528. The van der Waals surface area contributed by atoms with Gasteiger partial charge in [0.25, 0.3) is 0 Å². The fourth-order valence-electron chi connectivity index (χ4n) is 2.46. The minimum absolute atomic E-state index is 0.0723. The van der Waals surface area contributed by atoms with Gasteiger partial charge in [-0.05, 0) is 23.8 Å². The standard InChI is InChI=1S/C19H12ClF2NO4S/c20-13-6-11(19(25)26)7-17(18(13)24)28(27)23-16-8-12(14(21)9-15(16)22)10-4-2-1-3-5-10/h1-9,23-24H,(H,25,26). The van der Waals surface area contributed by atoms with Gasteiger partial charge in [0.05, 0.1) is 16.3 Å². The first-order valence-corrected chi connectivity index (χ1v) is 9.29. The van der Waals surface area contributed by atoms with Crippen molar-refractivity contribution in [3.05, 3.63) is 76.8 Å². The highest BCUT2D eigenvalue weighted by Crippen LogP contribution is 2.33. The van der Waals surface area contributed by atoms with Crippen LogP contribution in [0.3, 0.4) is 0 Å². The molecule has 3 aromatic carbocycles. The molecular weight excluding hydrogens is 412 g/mol. The van der Waals surface area contributed by atoms with E-state index < -0.39 is 34.3 Å². The molecule has 0 aliphatic heterocycles. The zero-order valence-electron chi connectivity index (χ0n) is 13.9. The predicted molar refractivity (Wildman–Crippen MR) is 102 cm³/mol. The second kappa shape index (κ2) is 7.95. The minimum atomic E-state index is -2.27. The second-order valence-corrected chi connectivity index (χ2v) is 7.25. The molecular formula is C19H12ClF2NO4S. The number of phenolic OH excluding ortho intramolecular Hbond substituents is 1. The third kappa shape index (κ3) is 3.97. The van der Waals surface area contributed by atoms with Crippen LogP contribution in [0.25, 0.3) is 11.1 Å². The van der Waals surface area contributed by atoms with Gasteiger partial charge < -0.3 is 10.2 Å². The van der Waals surface area contributed by atoms with E-state index in [1.807, 2.05) is 0 Å². The van der Waals surface area contributed by atoms with Gasteiger partial charge in [-0.15, -0.1) is 0 Å². The Balaban J connectivity index is 2.01. The van der Waals surface area contributed by atoms with Crippen molar-refractivity contribution in [3.8, 4) is 16.9 Å². The summed E-state index contributed by atoms with van der Waals surface area (Å²) in [5, 5.41) is 18.7. The molecule has 0 bridgehead atoms. The van der Waals surface area contributed by atoms with Crippen LogP contribution >= 0.6 is 11.6 Å². The fourth-order valence-corrected chi connectivity index (χ4v) is 3.72. The van der Waals surface area contributed by atoms with Crippen LogP contribution in [-0.2, 0) is 11.0 Å². The Hall–Kier alpha value is -2.97. The molecule has 3 aromatic rings. The Morgan fingerprint density at radius 2 is 1.71 bits per heavy atom. The molecule has 0 amide bonds. The Kier molecular flexibility index (Phi) is 5.62. The zero-order valence-corrected chi connectivity index (χ0v) is 15.5. The van der Waals surface area contributed by atoms with E-state index in [0.29, 0.717) is 11.6 Å². The van der Waals surface area contributed by atoms with Gasteiger partial charge in [0, 0.05) is 11.6 Å². The van der Waals surface area contributed by atoms with Crippen molar-refractivity contribution in [3.63, 3.8) is 0 Å². The molecule has 0 radical (unpaired) electrons. The number of nitrogens with one attached hydrogen (secondary N) is 1. The lowest BCUT2D eigenvalue weighted by Gasteiger charge is -2.12. The van der Waals surface area contributed by atoms with Crippen LogP contribution in [0.15, 0.2) is 59.5 Å². The van der Waals surface area contributed by atoms with Gasteiger partial charge >= 0.3 is 5.97 Å². The smallest absolute Gasteiger partial charge is 0.335 e. The highest BCUT2D eigenvalue weighted by atomic mass is 35.5. The maximum absolute atomic E-state index is 14.2. The van der Waals surface area contributed by atoms with Gasteiger partial charge in [-0.25, -0.2) is 17.8 Å². The number of phenols is 1. The number of hydrogen-bond donors (Lipinski definition) is 3. The number of halogens is 3. The van der Waals surface area contributed by atoms with Crippen LogP contribution in [0.1, 0.15) is 10.4 Å². The summed E-state index contributed by atoms with van der Waals surface area (Å²) in [4.78, 5) is 10.8. The average Bonchev–Trinajstić information content (AvgIpc) is 2.66. The molecule has 0 fully saturated rings. The van der Waals surface area contributed by atoms with Gasteiger partial charge in [0.15, 0.2) is 16.7 Å². The van der Waals surface area contributed by atoms with Crippen LogP contribution in [-0.4, -0.2) is 20.4 Å². The first-order valence-electron chi connectivity index (χ1n) is 7.76. The summed E-state index contributed by atoms with van der Waals surface area (Å²) in [5.74, 6) is -3.77. The predicted octanol–water partition coefficient (Wildman–Crippen LogP) is 4.82. The van der Waals surface area contributed by atoms with E-state index in [2.05, 4.69) is 4.72 Å². The van der Waals surface area contributed by atoms with E-state index in [-0.39, 0.29) is 26.7 Å². The molecule has 0 spiro atoms. The number of aromatic carboxylic acids is 1. The van der Waals surface area contributed by atoms with Gasteiger partial charge in [0.2, 0.25) is 0 Å². The number of aromatic hydroxyl groups is 1. The van der Waals surface area contributed by atoms with E-state index in [4.69, 9.17) is 16.7 Å². The largest absolute Gasteiger partial charge is 0.505 e. The number of carboxylic acid groups (broad SMARTS) is 1. The summed E-state index contributed by atoms with van der Waals surface area (Å²) in [6, 6.07) is 12.1. The Labute approximate surface area is 165 Å². The van der Waals surface area contributed by atoms with Crippen molar-refractivity contribution in [1.29, 1.82) is 0 Å². The molecule has 1 atom stereocenters. The highest BCUT2D eigenvalue weighted by molar-refractivity contribution is 7.86. The molecule has 144 valence electrons. The summed E-state index contributed by atoms with van der Waals surface area (Å²) in [7, 11) is -2.27. The van der Waals surface area contributed by atoms with Gasteiger partial charge in [-0.2, -0.15) is 0 Å². The van der Waals surface area contributed by atoms with E-state index in [9.17, 15) is 22.9 Å². The molecule has 0 aliphatic carbocycles. The topological polar surface area (TPSA) is 86.6 Å². The molecule has 0 aromatic heterocycles. The molecule has 3 rings (SSSR count). The van der Waals surface area contributed by atoms with Crippen LogP contribution in [0, 0.1) is 11.6 Å². The SMILES string of the molecule is O=C(O)c1cc(Cl)c(O)c(S(=O)Nc2cc(-c3ccccc3)c(F)cc2F)c1. The minimum Gasteiger partial charge on any atom is -0.505 e. The number of carboxylic acids is 1. The lowest BCUT2D eigenvalue weighted by molar-refractivity contribution is 0.0696. The van der Waals surface area contributed by atoms with Crippen molar-refractivity contribution in [2.45, 2.75) is 4.90 Å². The molecule has 0 aliphatic rings. The van der Waals surface area contributed by atoms with E-state index in [1.165, 1.54) is 0 Å². The van der Waals surface area contributed by atoms with Gasteiger partial charge in [-0.1, -0.05) is 41.9 Å². The molecule has 0 saturated heterocycles. The second-order valence-electron chi connectivity index (χ2n) is 5.66. The Morgan fingerprint density at radius 1 is 1.04 bits per heavy atom. The average molecular weight is 424 g/mol. The molecule has 9 heteroatoms. The molecule has 0 saturated carbocycles. The van der Waals surface area contributed by atoms with Gasteiger partial charge in [0.1, 0.15) is 16.5 Å². The van der Waals surface area contributed by atoms with Crippen LogP contribution in [0.2, 0.25) is 5.02 Å². The van der Waals surface area contributed by atoms with Crippen molar-refractivity contribution >= 4 is 34.2 Å². The van der Waals surface area contributed by atoms with Crippen molar-refractivity contribution in [1.82, 2.24) is 0 Å². The van der Waals surface area contributed by atoms with E-state index in [1.54, 1.807) is 30.3 Å². The Bertz CT molecular complexity index is 1090. The number of rotatable bonds is 5. The zero-order chi connectivity index (χ0) is 20.4. The molecule has 3 N–H and O–H groups in total. The summed E-state index contributed by atoms with van der Waals surface area (Å²) < 4.78 is 43.3. The Morgan fingerprint density at radius 3 is 2.36 bits per heavy atom. The highest BCUT2D eigenvalue weighted by Gasteiger charge is 2.19. The number of carbonyl (C=O) groups is 1. The van der Waals surface area contributed by atoms with Crippen molar-refractivity contribution in [2.75, 3.05) is 4.72 Å². The molecule has 0 heterocycles. The normalized spacial score (nSPS) is 11.8. The lowest BCUT2D eigenvalue weighted by Crippen LogP contribution is -2.09. The van der Waals surface area contributed by atoms with E-state index >= 15 is 0 Å². The number of anilines is 1. The maximum Gasteiger partial charge on any atom is 0.335 e. The molecule has 5 nitrogen and oxygen atoms in total. The fraction of sp³-hybridized carbons (Fsp3) is 0.